The SMILES string of the molecule is C=C(COC(=O)N1CCC[C@H]1CN(C)C(=O)O[C@]1(CC)C(=O)OCc2c1cc1n(c2=O)Cc2c-1nc1cc(F)c(C)cc1c2CN(CCO)C1CC1)C(=O)N1CCN(c2nc(OC[C@@H]3CCCN3C)nc3c(F)c(-c4nc(N)cc(C)c4C(F)(F)F)c(Cl)cc23)[C@@H](C)C1. The van der Waals surface area contributed by atoms with Gasteiger partial charge in [0, 0.05) is 105 Å². The van der Waals surface area contributed by atoms with Crippen LogP contribution >= 0.6 is 11.6 Å². The molecule has 9 heterocycles. The highest BCUT2D eigenvalue weighted by molar-refractivity contribution is 6.34. The lowest BCUT2D eigenvalue weighted by molar-refractivity contribution is -0.173. The lowest BCUT2D eigenvalue weighted by Crippen LogP contribution is -2.54. The van der Waals surface area contributed by atoms with Crippen molar-refractivity contribution in [3.05, 3.63) is 108 Å². The van der Waals surface area contributed by atoms with E-state index in [2.05, 4.69) is 26.3 Å². The Morgan fingerprint density at radius 2 is 1.69 bits per heavy atom. The predicted molar refractivity (Wildman–Crippen MR) is 333 cm³/mol. The minimum absolute atomic E-state index is 0.00313. The zero-order chi connectivity index (χ0) is 66.3. The molecule has 4 fully saturated rings. The number of cyclic esters (lactones) is 1. The molecule has 6 aliphatic rings. The number of nitrogens with zero attached hydrogens (tertiary/aromatic N) is 11. The van der Waals surface area contributed by atoms with Crippen molar-refractivity contribution >= 4 is 69.1 Å². The number of hydrogen-bond donors (Lipinski definition) is 2. The number of alkyl halides is 3. The zero-order valence-corrected chi connectivity index (χ0v) is 53.2. The Bertz CT molecular complexity index is 4130. The Balaban J connectivity index is 0.717. The van der Waals surface area contributed by atoms with Crippen molar-refractivity contribution in [2.45, 2.75) is 128 Å². The molecule has 4 atom stereocenters. The Labute approximate surface area is 537 Å². The van der Waals surface area contributed by atoms with Gasteiger partial charge in [0.2, 0.25) is 5.60 Å². The molecule has 3 amide bonds. The van der Waals surface area contributed by atoms with E-state index in [9.17, 15) is 42.3 Å². The van der Waals surface area contributed by atoms with Crippen LogP contribution in [-0.4, -0.2) is 182 Å². The van der Waals surface area contributed by atoms with E-state index >= 15 is 8.78 Å². The lowest BCUT2D eigenvalue weighted by atomic mass is 9.85. The molecule has 1 saturated carbocycles. The summed E-state index contributed by atoms with van der Waals surface area (Å²) >= 11 is 6.73. The first kappa shape index (κ1) is 64.8. The molecule has 1 aliphatic carbocycles. The second kappa shape index (κ2) is 25.2. The third kappa shape index (κ3) is 12.0. The van der Waals surface area contributed by atoms with Gasteiger partial charge in [0.05, 0.1) is 63.5 Å². The number of halogens is 6. The van der Waals surface area contributed by atoms with Gasteiger partial charge in [0.25, 0.3) is 11.5 Å². The highest BCUT2D eigenvalue weighted by Gasteiger charge is 2.52. The molecule has 5 aliphatic heterocycles. The number of carbonyl (C=O) groups excluding carboxylic acids is 4. The fourth-order valence-electron chi connectivity index (χ4n) is 13.9. The van der Waals surface area contributed by atoms with Crippen LogP contribution in [0.15, 0.2) is 47.3 Å². The molecule has 12 rings (SSSR count). The van der Waals surface area contributed by atoms with Gasteiger partial charge in [0.1, 0.15) is 42.8 Å². The Kier molecular flexibility index (Phi) is 17.6. The van der Waals surface area contributed by atoms with Crippen molar-refractivity contribution in [3.8, 4) is 28.7 Å². The molecule has 0 unspecified atom stereocenters. The lowest BCUT2D eigenvalue weighted by Gasteiger charge is -2.41. The first-order chi connectivity index (χ1) is 44.3. The van der Waals surface area contributed by atoms with Crippen molar-refractivity contribution in [1.82, 2.24) is 49.0 Å². The van der Waals surface area contributed by atoms with Crippen LogP contribution in [0.25, 0.3) is 44.5 Å². The summed E-state index contributed by atoms with van der Waals surface area (Å²) in [5, 5.41) is 10.4. The summed E-state index contributed by atoms with van der Waals surface area (Å²) in [5.41, 5.74) is 3.42. The van der Waals surface area contributed by atoms with E-state index in [4.69, 9.17) is 46.3 Å². The van der Waals surface area contributed by atoms with E-state index in [0.717, 1.165) is 54.8 Å². The van der Waals surface area contributed by atoms with Gasteiger partial charge < -0.3 is 58.9 Å². The monoisotopic (exact) mass is 1310 g/mol. The second-order valence-electron chi connectivity index (χ2n) is 25.2. The van der Waals surface area contributed by atoms with Crippen molar-refractivity contribution in [1.29, 1.82) is 0 Å². The van der Waals surface area contributed by atoms with Crippen LogP contribution in [0.4, 0.5) is 43.2 Å². The number of amides is 3. The first-order valence-corrected chi connectivity index (χ1v) is 31.6. The van der Waals surface area contributed by atoms with Gasteiger partial charge in [-0.1, -0.05) is 25.1 Å². The number of pyridine rings is 3. The minimum atomic E-state index is -4.96. The number of piperazine rings is 1. The summed E-state index contributed by atoms with van der Waals surface area (Å²) in [6, 6.07) is 6.00. The number of aromatic nitrogens is 5. The average molecular weight is 1310 g/mol. The summed E-state index contributed by atoms with van der Waals surface area (Å²) in [4.78, 5) is 99.2. The predicted octanol–water partition coefficient (Wildman–Crippen LogP) is 8.63. The molecule has 28 heteroatoms. The number of aliphatic hydroxyl groups is 1. The van der Waals surface area contributed by atoms with Gasteiger partial charge in [-0.15, -0.1) is 0 Å². The maximum absolute atomic E-state index is 17.1. The molecule has 22 nitrogen and oxygen atoms in total. The molecule has 6 aromatic rings. The number of fused-ring (bicyclic) bond motifs is 6. The Morgan fingerprint density at radius 1 is 0.935 bits per heavy atom. The van der Waals surface area contributed by atoms with Crippen molar-refractivity contribution < 1.29 is 65.2 Å². The highest BCUT2D eigenvalue weighted by atomic mass is 35.5. The summed E-state index contributed by atoms with van der Waals surface area (Å²) in [6.07, 6.45) is -2.11. The van der Waals surface area contributed by atoms with Gasteiger partial charge >= 0.3 is 30.3 Å². The minimum Gasteiger partial charge on any atom is -0.462 e. The molecule has 0 spiro atoms. The van der Waals surface area contributed by atoms with Gasteiger partial charge in [-0.3, -0.25) is 14.5 Å². The molecule has 3 N–H and O–H groups in total. The average Bonchev–Trinajstić information content (AvgIpc) is 1.67. The maximum Gasteiger partial charge on any atom is 0.418 e. The van der Waals surface area contributed by atoms with Crippen molar-refractivity contribution in [2.75, 3.05) is 90.4 Å². The number of nitrogen functional groups attached to an aromatic ring is 1. The maximum atomic E-state index is 17.1. The Morgan fingerprint density at radius 3 is 2.39 bits per heavy atom. The first-order valence-electron chi connectivity index (χ1n) is 31.2. The van der Waals surface area contributed by atoms with Crippen LogP contribution in [0, 0.1) is 25.5 Å². The number of rotatable bonds is 17. The molecule has 4 aromatic heterocycles. The van der Waals surface area contributed by atoms with E-state index in [-0.39, 0.29) is 128 Å². The molecule has 0 radical (unpaired) electrons. The van der Waals surface area contributed by atoms with Crippen LogP contribution < -0.4 is 20.9 Å². The fourth-order valence-corrected chi connectivity index (χ4v) is 14.2. The van der Waals surface area contributed by atoms with Gasteiger partial charge in [-0.05, 0) is 120 Å². The third-order valence-corrected chi connectivity index (χ3v) is 19.4. The van der Waals surface area contributed by atoms with E-state index in [1.54, 1.807) is 42.4 Å². The number of ether oxygens (including phenoxy) is 4. The zero-order valence-electron chi connectivity index (χ0n) is 52.4. The number of aliphatic hydroxyl groups excluding tert-OH is 1. The summed E-state index contributed by atoms with van der Waals surface area (Å²) in [5.74, 6) is -3.18. The topological polar surface area (TPSA) is 244 Å². The van der Waals surface area contributed by atoms with Crippen LogP contribution in [0.5, 0.6) is 6.01 Å². The van der Waals surface area contributed by atoms with Gasteiger partial charge in [-0.25, -0.2) is 33.1 Å². The van der Waals surface area contributed by atoms with Crippen LogP contribution in [-0.2, 0) is 55.3 Å². The van der Waals surface area contributed by atoms with Gasteiger partial charge in [-0.2, -0.15) is 23.1 Å². The standard InChI is InChI=1S/C65H72ClF5N12O10/c1-8-64(45-24-49-54-43(29-83(49)59(86)44(45)32-90-60(64)87)42(28-79(19-20-84)37-13-14-37)40-21-33(2)47(67)25-48(40)73-54)93-62(88)78(7)27-38-11-10-16-82(38)63(89)92-30-35(4)58(85)80-17-18-81(36(5)26-80)57-41-23-46(66)51(56-52(65(69,70)71)34(3)22-50(72)74-56)53(68)55(41)75-61(76-57)91-31-39-12-9-15-77(39)6/h21-25,36-39,84H,4,8-20,26-32H2,1-3,5-7H3,(H2,72,74)/t36-,38-,39-,64-/m0/s1. The number of anilines is 2. The smallest absolute Gasteiger partial charge is 0.418 e. The van der Waals surface area contributed by atoms with Crippen LogP contribution in [0.3, 0.4) is 0 Å². The number of hydrogen-bond acceptors (Lipinski definition) is 18. The number of likely N-dealkylation sites (tertiary alicyclic amines) is 2. The molecule has 3 saturated heterocycles. The number of benzene rings is 2. The fraction of sp³-hybridized carbons (Fsp3) is 0.492. The number of aryl methyl sites for hydroxylation is 2. The second-order valence-corrected chi connectivity index (χ2v) is 25.6. The van der Waals surface area contributed by atoms with E-state index < -0.39 is 93.6 Å². The number of carbonyl (C=O) groups is 4. The largest absolute Gasteiger partial charge is 0.462 e. The molecule has 0 bridgehead atoms. The summed E-state index contributed by atoms with van der Waals surface area (Å²) < 4.78 is 101. The van der Waals surface area contributed by atoms with Gasteiger partial charge in [0.15, 0.2) is 5.82 Å². The number of likely N-dealkylation sites (N-methyl/N-ethyl adjacent to an activating group) is 2. The van der Waals surface area contributed by atoms with Crippen molar-refractivity contribution in [3.63, 3.8) is 0 Å². The molecular formula is C65H72ClF5N12O10. The van der Waals surface area contributed by atoms with Crippen molar-refractivity contribution in [2.24, 2.45) is 0 Å². The molecule has 494 valence electrons. The number of nitrogens with two attached hydrogens (primary N) is 1. The van der Waals surface area contributed by atoms with E-state index in [1.807, 2.05) is 7.05 Å². The van der Waals surface area contributed by atoms with Crippen LogP contribution in [0.1, 0.15) is 97.7 Å². The van der Waals surface area contributed by atoms with E-state index in [0.29, 0.717) is 48.4 Å². The molecule has 2 aromatic carbocycles. The van der Waals surface area contributed by atoms with Crippen LogP contribution in [0.2, 0.25) is 5.02 Å². The molecule has 93 heavy (non-hydrogen) atoms. The molecular weight excluding hydrogens is 1240 g/mol. The quantitative estimate of drug-likeness (QED) is 0.0375. The summed E-state index contributed by atoms with van der Waals surface area (Å²) in [6.45, 7) is 11.7. The third-order valence-electron chi connectivity index (χ3n) is 19.1. The summed E-state index contributed by atoms with van der Waals surface area (Å²) in [7, 11) is 3.39. The Hall–Kier alpha value is -8.27. The normalized spacial score (nSPS) is 20.5. The van der Waals surface area contributed by atoms with E-state index in [1.165, 1.54) is 40.8 Å². The highest BCUT2D eigenvalue weighted by Crippen LogP contribution is 2.47. The number of esters is 1.